The minimum absolute atomic E-state index is 0.0742. The van der Waals surface area contributed by atoms with E-state index >= 15 is 0 Å². The lowest BCUT2D eigenvalue weighted by Crippen LogP contribution is -2.33. The molecule has 0 radical (unpaired) electrons. The SMILES string of the molecule is CC#CCO[SiH](OCC#CC)C(C)(C)C. The third-order valence-corrected chi connectivity index (χ3v) is 4.03. The standard InChI is InChI=1S/C12H20O2Si/c1-6-8-10-13-15(12(3,4)5)14-11-9-7-2/h15H,10-11H2,1-5H3. The van der Waals surface area contributed by atoms with E-state index < -0.39 is 9.28 Å². The summed E-state index contributed by atoms with van der Waals surface area (Å²) in [4.78, 5) is 0. The summed E-state index contributed by atoms with van der Waals surface area (Å²) in [7, 11) is -1.69. The average molecular weight is 224 g/mol. The van der Waals surface area contributed by atoms with Gasteiger partial charge in [0.15, 0.2) is 0 Å². The van der Waals surface area contributed by atoms with Crippen LogP contribution in [0.3, 0.4) is 0 Å². The first kappa shape index (κ1) is 14.3. The molecular formula is C12H20O2Si. The molecule has 84 valence electrons. The van der Waals surface area contributed by atoms with Gasteiger partial charge in [0.05, 0.1) is 13.2 Å². The van der Waals surface area contributed by atoms with Gasteiger partial charge in [-0.1, -0.05) is 32.6 Å². The van der Waals surface area contributed by atoms with Gasteiger partial charge < -0.3 is 8.85 Å². The molecule has 0 rings (SSSR count). The maximum Gasteiger partial charge on any atom is 0.328 e. The van der Waals surface area contributed by atoms with E-state index in [1.165, 1.54) is 0 Å². The highest BCUT2D eigenvalue weighted by Gasteiger charge is 2.29. The van der Waals surface area contributed by atoms with Crippen LogP contribution in [0.4, 0.5) is 0 Å². The van der Waals surface area contributed by atoms with Crippen LogP contribution in [0.25, 0.3) is 0 Å². The third kappa shape index (κ3) is 7.22. The molecule has 0 saturated carbocycles. The Kier molecular flexibility index (Phi) is 7.16. The highest BCUT2D eigenvalue weighted by Crippen LogP contribution is 2.27. The van der Waals surface area contributed by atoms with Crippen LogP contribution < -0.4 is 0 Å². The van der Waals surface area contributed by atoms with Gasteiger partial charge in [-0.3, -0.25) is 0 Å². The van der Waals surface area contributed by atoms with Gasteiger partial charge in [-0.05, 0) is 13.8 Å². The predicted molar refractivity (Wildman–Crippen MR) is 65.7 cm³/mol. The molecule has 2 nitrogen and oxygen atoms in total. The Labute approximate surface area is 95.2 Å². The van der Waals surface area contributed by atoms with Crippen molar-refractivity contribution < 1.29 is 8.85 Å². The molecule has 0 aliphatic rings. The first-order valence-electron chi connectivity index (χ1n) is 5.04. The molecule has 0 aliphatic carbocycles. The summed E-state index contributed by atoms with van der Waals surface area (Å²) in [6.45, 7) is 10.9. The maximum absolute atomic E-state index is 5.67. The number of rotatable bonds is 4. The molecule has 0 aromatic carbocycles. The van der Waals surface area contributed by atoms with Gasteiger partial charge >= 0.3 is 9.28 Å². The van der Waals surface area contributed by atoms with Crippen LogP contribution in [0.5, 0.6) is 0 Å². The van der Waals surface area contributed by atoms with Crippen LogP contribution in [0.15, 0.2) is 0 Å². The van der Waals surface area contributed by atoms with Crippen LogP contribution in [-0.2, 0) is 8.85 Å². The Balaban J connectivity index is 4.15. The largest absolute Gasteiger partial charge is 0.385 e. The van der Waals surface area contributed by atoms with E-state index in [9.17, 15) is 0 Å². The lowest BCUT2D eigenvalue weighted by atomic mass is 10.3. The van der Waals surface area contributed by atoms with Crippen molar-refractivity contribution >= 4 is 9.28 Å². The van der Waals surface area contributed by atoms with E-state index in [0.717, 1.165) is 0 Å². The zero-order valence-electron chi connectivity index (χ0n) is 10.3. The molecule has 0 saturated heterocycles. The summed E-state index contributed by atoms with van der Waals surface area (Å²) in [6, 6.07) is 0. The molecule has 0 bridgehead atoms. The van der Waals surface area contributed by atoms with Gasteiger partial charge in [0, 0.05) is 5.04 Å². The fourth-order valence-electron chi connectivity index (χ4n) is 0.927. The van der Waals surface area contributed by atoms with Crippen molar-refractivity contribution in [1.82, 2.24) is 0 Å². The normalized spacial score (nSPS) is 10.3. The van der Waals surface area contributed by atoms with Gasteiger partial charge in [0.1, 0.15) is 0 Å². The van der Waals surface area contributed by atoms with Gasteiger partial charge in [-0.2, -0.15) is 0 Å². The number of hydrogen-bond acceptors (Lipinski definition) is 2. The van der Waals surface area contributed by atoms with Crippen molar-refractivity contribution in [3.8, 4) is 23.7 Å². The number of hydrogen-bond donors (Lipinski definition) is 0. The maximum atomic E-state index is 5.67. The Hall–Kier alpha value is -0.743. The highest BCUT2D eigenvalue weighted by molar-refractivity contribution is 6.48. The summed E-state index contributed by atoms with van der Waals surface area (Å²) in [5.41, 5.74) is 0. The fraction of sp³-hybridized carbons (Fsp3) is 0.667. The summed E-state index contributed by atoms with van der Waals surface area (Å²) in [5.74, 6) is 11.4. The van der Waals surface area contributed by atoms with Crippen molar-refractivity contribution in [2.24, 2.45) is 0 Å². The molecule has 0 amide bonds. The third-order valence-electron chi connectivity index (χ3n) is 1.67. The Bertz CT molecular complexity index is 259. The summed E-state index contributed by atoms with van der Waals surface area (Å²) >= 11 is 0. The molecule has 0 spiro atoms. The first-order valence-corrected chi connectivity index (χ1v) is 6.56. The van der Waals surface area contributed by atoms with Gasteiger partial charge in [-0.25, -0.2) is 0 Å². The second-order valence-electron chi connectivity index (χ2n) is 4.17. The van der Waals surface area contributed by atoms with Crippen molar-refractivity contribution in [1.29, 1.82) is 0 Å². The Morgan fingerprint density at radius 3 is 1.60 bits per heavy atom. The van der Waals surface area contributed by atoms with E-state index in [1.807, 2.05) is 0 Å². The van der Waals surface area contributed by atoms with Crippen molar-refractivity contribution in [3.05, 3.63) is 0 Å². The van der Waals surface area contributed by atoms with Gasteiger partial charge in [-0.15, -0.1) is 11.8 Å². The van der Waals surface area contributed by atoms with Crippen LogP contribution in [0, 0.1) is 23.7 Å². The van der Waals surface area contributed by atoms with E-state index in [0.29, 0.717) is 13.2 Å². The molecule has 15 heavy (non-hydrogen) atoms. The van der Waals surface area contributed by atoms with Crippen LogP contribution in [-0.4, -0.2) is 22.5 Å². The molecule has 0 aliphatic heterocycles. The Morgan fingerprint density at radius 1 is 0.933 bits per heavy atom. The second kappa shape index (κ2) is 7.54. The van der Waals surface area contributed by atoms with Crippen molar-refractivity contribution in [2.75, 3.05) is 13.2 Å². The van der Waals surface area contributed by atoms with Crippen LogP contribution in [0.2, 0.25) is 5.04 Å². The monoisotopic (exact) mass is 224 g/mol. The molecule has 0 N–H and O–H groups in total. The average Bonchev–Trinajstić information content (AvgIpc) is 2.14. The lowest BCUT2D eigenvalue weighted by Gasteiger charge is -2.26. The van der Waals surface area contributed by atoms with Gasteiger partial charge in [0.25, 0.3) is 0 Å². The lowest BCUT2D eigenvalue weighted by molar-refractivity contribution is 0.216. The quantitative estimate of drug-likeness (QED) is 0.538. The summed E-state index contributed by atoms with van der Waals surface area (Å²) < 4.78 is 11.3. The van der Waals surface area contributed by atoms with E-state index in [1.54, 1.807) is 13.8 Å². The van der Waals surface area contributed by atoms with Crippen LogP contribution >= 0.6 is 0 Å². The molecule has 0 aromatic rings. The first-order chi connectivity index (χ1) is 7.02. The van der Waals surface area contributed by atoms with Crippen molar-refractivity contribution in [3.63, 3.8) is 0 Å². The Morgan fingerprint density at radius 2 is 1.33 bits per heavy atom. The smallest absolute Gasteiger partial charge is 0.328 e. The minimum Gasteiger partial charge on any atom is -0.385 e. The molecule has 0 heterocycles. The molecule has 3 heteroatoms. The predicted octanol–water partition coefficient (Wildman–Crippen LogP) is 2.09. The van der Waals surface area contributed by atoms with Gasteiger partial charge in [0.2, 0.25) is 0 Å². The van der Waals surface area contributed by atoms with Crippen LogP contribution in [0.1, 0.15) is 34.6 Å². The van der Waals surface area contributed by atoms with E-state index in [2.05, 4.69) is 44.5 Å². The molecule has 0 aromatic heterocycles. The highest BCUT2D eigenvalue weighted by atomic mass is 28.3. The summed E-state index contributed by atoms with van der Waals surface area (Å²) in [5, 5.41) is 0.0742. The minimum atomic E-state index is -1.69. The fourth-order valence-corrected chi connectivity index (χ4v) is 2.49. The molecule has 0 atom stereocenters. The van der Waals surface area contributed by atoms with Crippen molar-refractivity contribution in [2.45, 2.75) is 39.7 Å². The zero-order chi connectivity index (χ0) is 11.7. The molecule has 0 fully saturated rings. The van der Waals surface area contributed by atoms with E-state index in [-0.39, 0.29) is 5.04 Å². The zero-order valence-corrected chi connectivity index (χ0v) is 11.5. The second-order valence-corrected chi connectivity index (χ2v) is 7.24. The van der Waals surface area contributed by atoms with E-state index in [4.69, 9.17) is 8.85 Å². The topological polar surface area (TPSA) is 18.5 Å². The molecule has 0 unspecified atom stereocenters. The summed E-state index contributed by atoms with van der Waals surface area (Å²) in [6.07, 6.45) is 0. The molecular weight excluding hydrogens is 204 g/mol.